The van der Waals surface area contributed by atoms with Crippen LogP contribution in [0.25, 0.3) is 0 Å². The molecule has 1 saturated carbocycles. The first kappa shape index (κ1) is 12.5. The zero-order chi connectivity index (χ0) is 11.5. The van der Waals surface area contributed by atoms with Crippen LogP contribution in [0, 0.1) is 22.7 Å². The molecular formula is C13H24N2. The highest BCUT2D eigenvalue weighted by molar-refractivity contribution is 5.16. The Morgan fingerprint density at radius 2 is 1.87 bits per heavy atom. The van der Waals surface area contributed by atoms with E-state index in [1.165, 1.54) is 12.8 Å². The van der Waals surface area contributed by atoms with Gasteiger partial charge in [0.1, 0.15) is 5.54 Å². The lowest BCUT2D eigenvalue weighted by Gasteiger charge is -2.46. The molecule has 2 heteroatoms. The van der Waals surface area contributed by atoms with Crippen molar-refractivity contribution >= 4 is 0 Å². The predicted molar refractivity (Wildman–Crippen MR) is 63.4 cm³/mol. The molecule has 0 radical (unpaired) electrons. The van der Waals surface area contributed by atoms with Crippen LogP contribution in [0.2, 0.25) is 0 Å². The summed E-state index contributed by atoms with van der Waals surface area (Å²) < 4.78 is 0. The highest BCUT2D eigenvalue weighted by Crippen LogP contribution is 2.43. The normalized spacial score (nSPS) is 30.1. The maximum absolute atomic E-state index is 9.48. The van der Waals surface area contributed by atoms with E-state index in [0.717, 1.165) is 19.4 Å². The Kier molecular flexibility index (Phi) is 3.78. The van der Waals surface area contributed by atoms with Gasteiger partial charge in [-0.1, -0.05) is 40.5 Å². The number of rotatable bonds is 3. The van der Waals surface area contributed by atoms with Gasteiger partial charge in [-0.3, -0.25) is 5.32 Å². The molecule has 0 amide bonds. The Labute approximate surface area is 94.1 Å². The lowest BCUT2D eigenvalue weighted by molar-refractivity contribution is 0.107. The first-order valence-corrected chi connectivity index (χ1v) is 6.10. The molecule has 86 valence electrons. The summed E-state index contributed by atoms with van der Waals surface area (Å²) in [6, 6.07) is 2.55. The molecule has 1 fully saturated rings. The van der Waals surface area contributed by atoms with Gasteiger partial charge in [0, 0.05) is 0 Å². The van der Waals surface area contributed by atoms with Crippen LogP contribution in [0.4, 0.5) is 0 Å². The maximum atomic E-state index is 9.48. The summed E-state index contributed by atoms with van der Waals surface area (Å²) in [5.74, 6) is 0.605. The molecule has 0 aromatic heterocycles. The van der Waals surface area contributed by atoms with E-state index in [1.807, 2.05) is 0 Å². The molecule has 0 aromatic carbocycles. The number of nitrogens with zero attached hydrogens (tertiary/aromatic N) is 1. The zero-order valence-corrected chi connectivity index (χ0v) is 10.6. The monoisotopic (exact) mass is 208 g/mol. The quantitative estimate of drug-likeness (QED) is 0.773. The van der Waals surface area contributed by atoms with E-state index < -0.39 is 0 Å². The van der Waals surface area contributed by atoms with Crippen molar-refractivity contribution in [3.63, 3.8) is 0 Å². The van der Waals surface area contributed by atoms with Gasteiger partial charge in [0.25, 0.3) is 0 Å². The molecule has 0 heterocycles. The summed E-state index contributed by atoms with van der Waals surface area (Å²) in [6.07, 6.45) is 4.61. The van der Waals surface area contributed by atoms with Gasteiger partial charge in [-0.2, -0.15) is 5.26 Å². The van der Waals surface area contributed by atoms with Crippen LogP contribution < -0.4 is 5.32 Å². The van der Waals surface area contributed by atoms with Gasteiger partial charge in [-0.25, -0.2) is 0 Å². The van der Waals surface area contributed by atoms with Gasteiger partial charge in [-0.05, 0) is 30.7 Å². The Morgan fingerprint density at radius 1 is 1.27 bits per heavy atom. The molecule has 1 N–H and O–H groups in total. The highest BCUT2D eigenvalue weighted by atomic mass is 15.0. The fraction of sp³-hybridized carbons (Fsp3) is 0.923. The molecule has 0 saturated heterocycles. The van der Waals surface area contributed by atoms with Gasteiger partial charge in [-0.15, -0.1) is 0 Å². The van der Waals surface area contributed by atoms with E-state index >= 15 is 0 Å². The number of nitrogens with one attached hydrogen (secondary N) is 1. The molecule has 1 rings (SSSR count). The van der Waals surface area contributed by atoms with Crippen molar-refractivity contribution in [2.75, 3.05) is 6.54 Å². The summed E-state index contributed by atoms with van der Waals surface area (Å²) in [4.78, 5) is 0. The smallest absolute Gasteiger partial charge is 0.111 e. The van der Waals surface area contributed by atoms with Crippen molar-refractivity contribution in [1.29, 1.82) is 5.26 Å². The number of hydrogen-bond donors (Lipinski definition) is 1. The second kappa shape index (κ2) is 4.53. The SMILES string of the molecule is CC(C)CNC1(C#N)CCCCC1(C)C. The van der Waals surface area contributed by atoms with Gasteiger partial charge in [0.2, 0.25) is 0 Å². The number of nitriles is 1. The van der Waals surface area contributed by atoms with Gasteiger partial charge in [0.05, 0.1) is 6.07 Å². The molecule has 1 unspecified atom stereocenters. The standard InChI is InChI=1S/C13H24N2/c1-11(2)9-15-13(10-14)8-6-5-7-12(13,3)4/h11,15H,5-9H2,1-4H3. The van der Waals surface area contributed by atoms with Crippen LogP contribution in [0.5, 0.6) is 0 Å². The molecular weight excluding hydrogens is 184 g/mol. The van der Waals surface area contributed by atoms with Crippen LogP contribution in [0.15, 0.2) is 0 Å². The van der Waals surface area contributed by atoms with E-state index in [4.69, 9.17) is 0 Å². The first-order valence-electron chi connectivity index (χ1n) is 6.10. The van der Waals surface area contributed by atoms with E-state index in [9.17, 15) is 5.26 Å². The van der Waals surface area contributed by atoms with Gasteiger partial charge < -0.3 is 0 Å². The fourth-order valence-corrected chi connectivity index (χ4v) is 2.46. The van der Waals surface area contributed by atoms with Crippen molar-refractivity contribution < 1.29 is 0 Å². The lowest BCUT2D eigenvalue weighted by Crippen LogP contribution is -2.57. The molecule has 1 aliphatic carbocycles. The Hall–Kier alpha value is -0.550. The van der Waals surface area contributed by atoms with Crippen LogP contribution >= 0.6 is 0 Å². The van der Waals surface area contributed by atoms with E-state index in [1.54, 1.807) is 0 Å². The molecule has 15 heavy (non-hydrogen) atoms. The molecule has 2 nitrogen and oxygen atoms in total. The minimum Gasteiger partial charge on any atom is -0.299 e. The molecule has 1 atom stereocenters. The van der Waals surface area contributed by atoms with Crippen molar-refractivity contribution in [3.05, 3.63) is 0 Å². The highest BCUT2D eigenvalue weighted by Gasteiger charge is 2.46. The van der Waals surface area contributed by atoms with Crippen molar-refractivity contribution in [2.24, 2.45) is 11.3 Å². The third kappa shape index (κ3) is 2.52. The third-order valence-corrected chi connectivity index (χ3v) is 3.76. The number of hydrogen-bond acceptors (Lipinski definition) is 2. The van der Waals surface area contributed by atoms with Gasteiger partial charge in [0.15, 0.2) is 0 Å². The van der Waals surface area contributed by atoms with Crippen LogP contribution in [-0.4, -0.2) is 12.1 Å². The average molecular weight is 208 g/mol. The Balaban J connectivity index is 2.77. The Morgan fingerprint density at radius 3 is 2.33 bits per heavy atom. The maximum Gasteiger partial charge on any atom is 0.111 e. The van der Waals surface area contributed by atoms with E-state index in [-0.39, 0.29) is 11.0 Å². The third-order valence-electron chi connectivity index (χ3n) is 3.76. The summed E-state index contributed by atoms with van der Waals surface area (Å²) >= 11 is 0. The summed E-state index contributed by atoms with van der Waals surface area (Å²) in [6.45, 7) is 9.77. The molecule has 0 aliphatic heterocycles. The van der Waals surface area contributed by atoms with Gasteiger partial charge >= 0.3 is 0 Å². The topological polar surface area (TPSA) is 35.8 Å². The molecule has 0 spiro atoms. The lowest BCUT2D eigenvalue weighted by atomic mass is 9.63. The predicted octanol–water partition coefficient (Wildman–Crippen LogP) is 3.09. The zero-order valence-electron chi connectivity index (χ0n) is 10.6. The molecule has 1 aliphatic rings. The van der Waals surface area contributed by atoms with E-state index in [0.29, 0.717) is 5.92 Å². The van der Waals surface area contributed by atoms with Crippen molar-refractivity contribution in [2.45, 2.75) is 58.9 Å². The average Bonchev–Trinajstić information content (AvgIpc) is 2.16. The minimum absolute atomic E-state index is 0.106. The summed E-state index contributed by atoms with van der Waals surface area (Å²) in [7, 11) is 0. The van der Waals surface area contributed by atoms with E-state index in [2.05, 4.69) is 39.1 Å². The minimum atomic E-state index is -0.296. The Bertz CT molecular complexity index is 250. The second-order valence-electron chi connectivity index (χ2n) is 5.88. The fourth-order valence-electron chi connectivity index (χ4n) is 2.46. The molecule has 0 aromatic rings. The van der Waals surface area contributed by atoms with Crippen LogP contribution in [0.3, 0.4) is 0 Å². The largest absolute Gasteiger partial charge is 0.299 e. The second-order valence-corrected chi connectivity index (χ2v) is 5.88. The first-order chi connectivity index (χ1) is 6.93. The van der Waals surface area contributed by atoms with Crippen molar-refractivity contribution in [1.82, 2.24) is 5.32 Å². The summed E-state index contributed by atoms with van der Waals surface area (Å²) in [5.41, 5.74) is -0.190. The summed E-state index contributed by atoms with van der Waals surface area (Å²) in [5, 5.41) is 13.0. The van der Waals surface area contributed by atoms with Crippen molar-refractivity contribution in [3.8, 4) is 6.07 Å². The van der Waals surface area contributed by atoms with Crippen LogP contribution in [0.1, 0.15) is 53.4 Å². The molecule has 0 bridgehead atoms. The van der Waals surface area contributed by atoms with Crippen LogP contribution in [-0.2, 0) is 0 Å².